The van der Waals surface area contributed by atoms with Gasteiger partial charge in [0.2, 0.25) is 0 Å². The number of rotatable bonds is 3. The maximum Gasteiger partial charge on any atom is 0.335 e. The molecular formula is C19H21N3O3. The van der Waals surface area contributed by atoms with Gasteiger partial charge in [-0.1, -0.05) is 12.1 Å². The number of carbonyl (C=O) groups is 2. The van der Waals surface area contributed by atoms with Gasteiger partial charge in [-0.3, -0.25) is 4.79 Å². The van der Waals surface area contributed by atoms with Gasteiger partial charge in [0.25, 0.3) is 5.91 Å². The maximum atomic E-state index is 12.8. The third-order valence-electron chi connectivity index (χ3n) is 4.52. The lowest BCUT2D eigenvalue weighted by Crippen LogP contribution is -2.39. The topological polar surface area (TPSA) is 83.4 Å². The van der Waals surface area contributed by atoms with Crippen LogP contribution < -0.4 is 0 Å². The number of piperidine rings is 1. The van der Waals surface area contributed by atoms with E-state index in [0.717, 1.165) is 24.1 Å². The van der Waals surface area contributed by atoms with Gasteiger partial charge in [0.15, 0.2) is 0 Å². The third-order valence-corrected chi connectivity index (χ3v) is 4.52. The van der Waals surface area contributed by atoms with E-state index < -0.39 is 5.97 Å². The van der Waals surface area contributed by atoms with Crippen LogP contribution in [0.1, 0.15) is 56.7 Å². The number of hydrogen-bond donors (Lipinski definition) is 1. The Morgan fingerprint density at radius 3 is 2.52 bits per heavy atom. The average Bonchev–Trinajstić information content (AvgIpc) is 2.60. The molecule has 25 heavy (non-hydrogen) atoms. The second-order valence-electron chi connectivity index (χ2n) is 6.46. The van der Waals surface area contributed by atoms with Crippen molar-refractivity contribution >= 4 is 11.9 Å². The summed E-state index contributed by atoms with van der Waals surface area (Å²) in [7, 11) is 0. The minimum Gasteiger partial charge on any atom is -0.478 e. The number of carboxylic acid groups (broad SMARTS) is 1. The summed E-state index contributed by atoms with van der Waals surface area (Å²) in [4.78, 5) is 34.1. The summed E-state index contributed by atoms with van der Waals surface area (Å²) in [6.45, 7) is 4.97. The van der Waals surface area contributed by atoms with Crippen LogP contribution in [-0.4, -0.2) is 44.9 Å². The molecule has 6 nitrogen and oxygen atoms in total. The van der Waals surface area contributed by atoms with Crippen molar-refractivity contribution < 1.29 is 14.7 Å². The number of benzene rings is 1. The van der Waals surface area contributed by atoms with E-state index in [1.807, 2.05) is 24.0 Å². The van der Waals surface area contributed by atoms with Crippen molar-refractivity contribution in [1.29, 1.82) is 0 Å². The summed E-state index contributed by atoms with van der Waals surface area (Å²) >= 11 is 0. The second kappa shape index (κ2) is 7.01. The van der Waals surface area contributed by atoms with Crippen LogP contribution in [0.5, 0.6) is 0 Å². The summed E-state index contributed by atoms with van der Waals surface area (Å²) in [5.74, 6) is -0.187. The molecule has 6 heteroatoms. The number of aryl methyl sites for hydroxylation is 2. The number of carboxylic acids is 1. The number of aromatic carboxylic acids is 1. The zero-order valence-corrected chi connectivity index (χ0v) is 14.4. The quantitative estimate of drug-likeness (QED) is 0.929. The summed E-state index contributed by atoms with van der Waals surface area (Å²) in [5, 5.41) is 9.01. The Balaban J connectivity index is 1.76. The summed E-state index contributed by atoms with van der Waals surface area (Å²) in [6.07, 6.45) is 1.90. The molecule has 1 atom stereocenters. The smallest absolute Gasteiger partial charge is 0.335 e. The summed E-state index contributed by atoms with van der Waals surface area (Å²) in [6, 6.07) is 8.66. The van der Waals surface area contributed by atoms with E-state index in [0.29, 0.717) is 24.6 Å². The number of likely N-dealkylation sites (tertiary alicyclic amines) is 1. The lowest BCUT2D eigenvalue weighted by molar-refractivity contribution is 0.0692. The zero-order valence-electron chi connectivity index (χ0n) is 14.4. The number of hydrogen-bond acceptors (Lipinski definition) is 4. The van der Waals surface area contributed by atoms with Crippen LogP contribution in [0.3, 0.4) is 0 Å². The van der Waals surface area contributed by atoms with Crippen LogP contribution in [0.15, 0.2) is 30.3 Å². The molecule has 1 aliphatic heterocycles. The van der Waals surface area contributed by atoms with E-state index in [1.54, 1.807) is 25.1 Å². The largest absolute Gasteiger partial charge is 0.478 e. The van der Waals surface area contributed by atoms with Crippen molar-refractivity contribution in [3.8, 4) is 0 Å². The molecule has 1 aromatic heterocycles. The molecule has 1 aliphatic rings. The summed E-state index contributed by atoms with van der Waals surface area (Å²) in [5.41, 5.74) is 2.57. The van der Waals surface area contributed by atoms with Crippen molar-refractivity contribution in [3.63, 3.8) is 0 Å². The highest BCUT2D eigenvalue weighted by Gasteiger charge is 2.26. The van der Waals surface area contributed by atoms with Crippen molar-refractivity contribution in [2.45, 2.75) is 32.6 Å². The Morgan fingerprint density at radius 1 is 1.16 bits per heavy atom. The maximum absolute atomic E-state index is 12.8. The number of amides is 1. The minimum atomic E-state index is -0.929. The van der Waals surface area contributed by atoms with Crippen molar-refractivity contribution in [2.75, 3.05) is 13.1 Å². The fraction of sp³-hybridized carbons (Fsp3) is 0.368. The highest BCUT2D eigenvalue weighted by Crippen LogP contribution is 2.28. The standard InChI is InChI=1S/C19H21N3O3/c1-12-10-17(21-13(2)20-12)18(23)22-9-3-4-16(11-22)14-5-7-15(8-6-14)19(24)25/h5-8,10,16H,3-4,9,11H2,1-2H3,(H,24,25). The number of aromatic nitrogens is 2. The Bertz CT molecular complexity index is 782. The molecule has 1 aromatic carbocycles. The monoisotopic (exact) mass is 339 g/mol. The van der Waals surface area contributed by atoms with Crippen molar-refractivity contribution in [2.24, 2.45) is 0 Å². The van der Waals surface area contributed by atoms with Gasteiger partial charge in [0, 0.05) is 24.7 Å². The molecule has 130 valence electrons. The van der Waals surface area contributed by atoms with Gasteiger partial charge in [0.05, 0.1) is 5.56 Å². The fourth-order valence-corrected chi connectivity index (χ4v) is 3.32. The Hall–Kier alpha value is -2.76. The van der Waals surface area contributed by atoms with Gasteiger partial charge in [-0.25, -0.2) is 14.8 Å². The van der Waals surface area contributed by atoms with E-state index in [2.05, 4.69) is 9.97 Å². The number of carbonyl (C=O) groups excluding carboxylic acids is 1. The van der Waals surface area contributed by atoms with Gasteiger partial charge in [-0.05, 0) is 50.5 Å². The SMILES string of the molecule is Cc1cc(C(=O)N2CCCC(c3ccc(C(=O)O)cc3)C2)nc(C)n1. The molecule has 1 saturated heterocycles. The van der Waals surface area contributed by atoms with Gasteiger partial charge in [-0.15, -0.1) is 0 Å². The first-order chi connectivity index (χ1) is 11.9. The molecule has 3 rings (SSSR count). The predicted molar refractivity (Wildman–Crippen MR) is 92.8 cm³/mol. The third kappa shape index (κ3) is 3.84. The van der Waals surface area contributed by atoms with Gasteiger partial charge < -0.3 is 10.0 Å². The van der Waals surface area contributed by atoms with Crippen LogP contribution in [0.4, 0.5) is 0 Å². The Morgan fingerprint density at radius 2 is 1.88 bits per heavy atom. The molecule has 2 aromatic rings. The first kappa shape index (κ1) is 17.1. The van der Waals surface area contributed by atoms with Crippen LogP contribution in [-0.2, 0) is 0 Å². The molecule has 1 N–H and O–H groups in total. The molecule has 1 unspecified atom stereocenters. The lowest BCUT2D eigenvalue weighted by atomic mass is 9.90. The first-order valence-electron chi connectivity index (χ1n) is 8.39. The van der Waals surface area contributed by atoms with Gasteiger partial charge in [0.1, 0.15) is 11.5 Å². The molecule has 0 bridgehead atoms. The van der Waals surface area contributed by atoms with Crippen molar-refractivity contribution in [1.82, 2.24) is 14.9 Å². The second-order valence-corrected chi connectivity index (χ2v) is 6.46. The Kier molecular flexibility index (Phi) is 4.79. The molecule has 0 radical (unpaired) electrons. The van der Waals surface area contributed by atoms with E-state index in [-0.39, 0.29) is 17.4 Å². The first-order valence-corrected chi connectivity index (χ1v) is 8.39. The lowest BCUT2D eigenvalue weighted by Gasteiger charge is -2.33. The van der Waals surface area contributed by atoms with E-state index >= 15 is 0 Å². The molecule has 0 spiro atoms. The van der Waals surface area contributed by atoms with E-state index in [9.17, 15) is 9.59 Å². The Labute approximate surface area is 146 Å². The van der Waals surface area contributed by atoms with Gasteiger partial charge >= 0.3 is 5.97 Å². The molecule has 0 aliphatic carbocycles. The normalized spacial score (nSPS) is 17.4. The molecule has 0 saturated carbocycles. The zero-order chi connectivity index (χ0) is 18.0. The van der Waals surface area contributed by atoms with Crippen molar-refractivity contribution in [3.05, 3.63) is 58.7 Å². The predicted octanol–water partition coefficient (Wildman–Crippen LogP) is 2.81. The highest BCUT2D eigenvalue weighted by atomic mass is 16.4. The minimum absolute atomic E-state index is 0.0690. The molecule has 1 fully saturated rings. The molecule has 2 heterocycles. The number of nitrogens with zero attached hydrogens (tertiary/aromatic N) is 3. The molecule has 1 amide bonds. The highest BCUT2D eigenvalue weighted by molar-refractivity contribution is 5.92. The average molecular weight is 339 g/mol. The van der Waals surface area contributed by atoms with E-state index in [1.165, 1.54) is 0 Å². The fourth-order valence-electron chi connectivity index (χ4n) is 3.32. The molecular weight excluding hydrogens is 318 g/mol. The van der Waals surface area contributed by atoms with Crippen LogP contribution in [0.2, 0.25) is 0 Å². The van der Waals surface area contributed by atoms with Crippen LogP contribution in [0.25, 0.3) is 0 Å². The van der Waals surface area contributed by atoms with E-state index in [4.69, 9.17) is 5.11 Å². The van der Waals surface area contributed by atoms with Crippen LogP contribution in [0, 0.1) is 13.8 Å². The van der Waals surface area contributed by atoms with Gasteiger partial charge in [-0.2, -0.15) is 0 Å². The summed E-state index contributed by atoms with van der Waals surface area (Å²) < 4.78 is 0. The van der Waals surface area contributed by atoms with Crippen LogP contribution >= 0.6 is 0 Å².